The molecule has 0 saturated heterocycles. The van der Waals surface area contributed by atoms with Crippen LogP contribution in [0.15, 0.2) is 59.9 Å². The zero-order chi connectivity index (χ0) is 12.1. The van der Waals surface area contributed by atoms with E-state index in [1.165, 1.54) is 6.07 Å². The summed E-state index contributed by atoms with van der Waals surface area (Å²) in [5.41, 5.74) is 4.80. The second-order valence-corrected chi connectivity index (χ2v) is 3.65. The van der Waals surface area contributed by atoms with E-state index in [9.17, 15) is 10.1 Å². The van der Waals surface area contributed by atoms with Gasteiger partial charge in [0.25, 0.3) is 5.69 Å². The van der Waals surface area contributed by atoms with Crippen molar-refractivity contribution in [1.29, 1.82) is 0 Å². The number of nitrogens with zero attached hydrogens (tertiary/aromatic N) is 1. The Kier molecular flexibility index (Phi) is 3.34. The van der Waals surface area contributed by atoms with E-state index in [4.69, 9.17) is 0 Å². The normalized spacial score (nSPS) is 12.8. The molecule has 84 valence electrons. The average molecular weight is 225 g/mol. The van der Waals surface area contributed by atoms with Crippen molar-refractivity contribution in [2.24, 2.45) is 0 Å². The third-order valence-corrected chi connectivity index (χ3v) is 2.44. The fourth-order valence-corrected chi connectivity index (χ4v) is 1.59. The Morgan fingerprint density at radius 2 is 2.12 bits per heavy atom. The molecule has 1 aliphatic rings. The lowest BCUT2D eigenvalue weighted by Crippen LogP contribution is -1.89. The van der Waals surface area contributed by atoms with Crippen molar-refractivity contribution in [2.45, 2.75) is 6.42 Å². The van der Waals surface area contributed by atoms with Crippen molar-refractivity contribution in [1.82, 2.24) is 0 Å². The molecule has 0 aromatic heterocycles. The molecule has 0 atom stereocenters. The van der Waals surface area contributed by atoms with Crippen molar-refractivity contribution in [3.63, 3.8) is 0 Å². The predicted molar refractivity (Wildman–Crippen MR) is 67.5 cm³/mol. The summed E-state index contributed by atoms with van der Waals surface area (Å²) in [6, 6.07) is 6.63. The number of hydrogen-bond donors (Lipinski definition) is 0. The zero-order valence-corrected chi connectivity index (χ0v) is 9.17. The number of rotatable bonds is 3. The van der Waals surface area contributed by atoms with Crippen molar-refractivity contribution < 1.29 is 4.92 Å². The highest BCUT2D eigenvalue weighted by Crippen LogP contribution is 2.18. The van der Waals surface area contributed by atoms with Gasteiger partial charge in [-0.25, -0.2) is 0 Å². The van der Waals surface area contributed by atoms with Crippen LogP contribution in [0, 0.1) is 10.1 Å². The van der Waals surface area contributed by atoms with Crippen LogP contribution in [0.1, 0.15) is 12.0 Å². The smallest absolute Gasteiger partial charge is 0.258 e. The van der Waals surface area contributed by atoms with E-state index in [0.717, 1.165) is 12.0 Å². The first-order valence-electron chi connectivity index (χ1n) is 5.29. The standard InChI is InChI=1S/C14H11NO2/c16-15(17)14-11-4-3-9-13(14)10-5-8-12-6-1-2-7-12/h1-4,6,8-11H,7H2. The molecule has 0 unspecified atom stereocenters. The van der Waals surface area contributed by atoms with Crippen LogP contribution in [-0.2, 0) is 0 Å². The summed E-state index contributed by atoms with van der Waals surface area (Å²) >= 11 is 0. The minimum absolute atomic E-state index is 0.104. The maximum absolute atomic E-state index is 10.8. The second kappa shape index (κ2) is 5.10. The molecular weight excluding hydrogens is 214 g/mol. The minimum atomic E-state index is -0.385. The summed E-state index contributed by atoms with van der Waals surface area (Å²) < 4.78 is 0. The molecule has 17 heavy (non-hydrogen) atoms. The largest absolute Gasteiger partial charge is 0.277 e. The van der Waals surface area contributed by atoms with Gasteiger partial charge in [-0.3, -0.25) is 10.1 Å². The highest BCUT2D eigenvalue weighted by Gasteiger charge is 2.08. The number of allylic oxidation sites excluding steroid dienone is 5. The van der Waals surface area contributed by atoms with Gasteiger partial charge >= 0.3 is 0 Å². The highest BCUT2D eigenvalue weighted by atomic mass is 16.6. The van der Waals surface area contributed by atoms with Gasteiger partial charge < -0.3 is 0 Å². The predicted octanol–water partition coefficient (Wildman–Crippen LogP) is 3.65. The summed E-state index contributed by atoms with van der Waals surface area (Å²) in [4.78, 5) is 10.4. The van der Waals surface area contributed by atoms with Gasteiger partial charge in [-0.1, -0.05) is 30.4 Å². The number of benzene rings is 1. The van der Waals surface area contributed by atoms with Gasteiger partial charge in [0.1, 0.15) is 0 Å². The zero-order valence-electron chi connectivity index (χ0n) is 9.17. The van der Waals surface area contributed by atoms with Crippen LogP contribution >= 0.6 is 0 Å². The van der Waals surface area contributed by atoms with Crippen molar-refractivity contribution in [2.75, 3.05) is 0 Å². The van der Waals surface area contributed by atoms with Crippen LogP contribution in [0.25, 0.3) is 6.08 Å². The molecule has 0 heterocycles. The molecule has 3 heteroatoms. The molecular formula is C14H11NO2. The van der Waals surface area contributed by atoms with Gasteiger partial charge in [-0.15, -0.1) is 5.73 Å². The molecule has 0 spiro atoms. The quantitative estimate of drug-likeness (QED) is 0.447. The molecule has 0 radical (unpaired) electrons. The van der Waals surface area contributed by atoms with Crippen molar-refractivity contribution in [3.05, 3.63) is 75.6 Å². The van der Waals surface area contributed by atoms with Gasteiger partial charge in [0.15, 0.2) is 0 Å². The maximum Gasteiger partial charge on any atom is 0.277 e. The van der Waals surface area contributed by atoms with E-state index in [-0.39, 0.29) is 10.6 Å². The third-order valence-electron chi connectivity index (χ3n) is 2.44. The van der Waals surface area contributed by atoms with E-state index in [0.29, 0.717) is 5.56 Å². The fraction of sp³-hybridized carbons (Fsp3) is 0.0714. The molecule has 0 N–H and O–H groups in total. The molecule has 1 aromatic carbocycles. The van der Waals surface area contributed by atoms with Gasteiger partial charge in [-0.2, -0.15) is 0 Å². The lowest BCUT2D eigenvalue weighted by atomic mass is 10.1. The summed E-state index contributed by atoms with van der Waals surface area (Å²) in [6.07, 6.45) is 10.4. The highest BCUT2D eigenvalue weighted by molar-refractivity contribution is 5.60. The Balaban J connectivity index is 2.24. The Hall–Kier alpha value is -2.38. The molecule has 1 aliphatic carbocycles. The monoisotopic (exact) mass is 225 g/mol. The van der Waals surface area contributed by atoms with Gasteiger partial charge in [-0.05, 0) is 30.2 Å². The summed E-state index contributed by atoms with van der Waals surface area (Å²) in [5.74, 6) is 0. The third kappa shape index (κ3) is 2.80. The summed E-state index contributed by atoms with van der Waals surface area (Å²) in [5, 5.41) is 10.8. The maximum atomic E-state index is 10.8. The molecule has 0 fully saturated rings. The SMILES string of the molecule is O=[N+]([O-])c1ccccc1C=C=CC1=CC=CC1. The number of nitro benzene ring substituents is 1. The van der Waals surface area contributed by atoms with Crippen LogP contribution in [0.2, 0.25) is 0 Å². The molecule has 0 aliphatic heterocycles. The molecule has 2 rings (SSSR count). The molecule has 1 aromatic rings. The first-order valence-corrected chi connectivity index (χ1v) is 5.29. The van der Waals surface area contributed by atoms with Gasteiger partial charge in [0, 0.05) is 6.07 Å². The van der Waals surface area contributed by atoms with Crippen LogP contribution in [0.4, 0.5) is 5.69 Å². The lowest BCUT2D eigenvalue weighted by molar-refractivity contribution is -0.385. The fourth-order valence-electron chi connectivity index (χ4n) is 1.59. The van der Waals surface area contributed by atoms with Gasteiger partial charge in [0.2, 0.25) is 0 Å². The number of nitro groups is 1. The molecule has 0 bridgehead atoms. The van der Waals surface area contributed by atoms with Crippen LogP contribution in [-0.4, -0.2) is 4.92 Å². The van der Waals surface area contributed by atoms with Crippen LogP contribution in [0.3, 0.4) is 0 Å². The van der Waals surface area contributed by atoms with Crippen LogP contribution < -0.4 is 0 Å². The Labute approximate surface area is 99.2 Å². The Bertz CT molecular complexity index is 561. The van der Waals surface area contributed by atoms with Crippen LogP contribution in [0.5, 0.6) is 0 Å². The topological polar surface area (TPSA) is 43.1 Å². The molecule has 3 nitrogen and oxygen atoms in total. The average Bonchev–Trinajstić information content (AvgIpc) is 2.82. The van der Waals surface area contributed by atoms with Crippen molar-refractivity contribution >= 4 is 11.8 Å². The van der Waals surface area contributed by atoms with E-state index >= 15 is 0 Å². The summed E-state index contributed by atoms with van der Waals surface area (Å²) in [6.45, 7) is 0. The number of para-hydroxylation sites is 1. The lowest BCUT2D eigenvalue weighted by Gasteiger charge is -1.94. The minimum Gasteiger partial charge on any atom is -0.258 e. The Morgan fingerprint density at radius 1 is 1.29 bits per heavy atom. The Morgan fingerprint density at radius 3 is 2.82 bits per heavy atom. The van der Waals surface area contributed by atoms with Gasteiger partial charge in [0.05, 0.1) is 10.5 Å². The number of hydrogen-bond acceptors (Lipinski definition) is 2. The van der Waals surface area contributed by atoms with E-state index in [1.807, 2.05) is 18.2 Å². The molecule has 0 amide bonds. The summed E-state index contributed by atoms with van der Waals surface area (Å²) in [7, 11) is 0. The van der Waals surface area contributed by atoms with E-state index in [2.05, 4.69) is 11.8 Å². The first kappa shape index (κ1) is 11.1. The van der Waals surface area contributed by atoms with E-state index in [1.54, 1.807) is 24.3 Å². The van der Waals surface area contributed by atoms with Crippen molar-refractivity contribution in [3.8, 4) is 0 Å². The first-order chi connectivity index (χ1) is 8.27. The van der Waals surface area contributed by atoms with E-state index < -0.39 is 0 Å². The second-order valence-electron chi connectivity index (χ2n) is 3.65. The molecule has 0 saturated carbocycles.